The summed E-state index contributed by atoms with van der Waals surface area (Å²) in [5.41, 5.74) is 1.17. The van der Waals surface area contributed by atoms with E-state index in [1.807, 2.05) is 24.3 Å². The lowest BCUT2D eigenvalue weighted by Gasteiger charge is -2.04. The predicted molar refractivity (Wildman–Crippen MR) is 95.9 cm³/mol. The smallest absolute Gasteiger partial charge is 0.283 e. The topological polar surface area (TPSA) is 68.5 Å². The highest BCUT2D eigenvalue weighted by Crippen LogP contribution is 2.25. The number of methoxy groups -OCH3 is 1. The van der Waals surface area contributed by atoms with Crippen LogP contribution in [0.25, 0.3) is 15.9 Å². The molecule has 0 amide bonds. The molecule has 2 aromatic heterocycles. The van der Waals surface area contributed by atoms with Crippen molar-refractivity contribution in [3.05, 3.63) is 57.8 Å². The molecule has 0 atom stereocenters. The van der Waals surface area contributed by atoms with Crippen molar-refractivity contribution in [2.75, 3.05) is 12.4 Å². The first-order valence-electron chi connectivity index (χ1n) is 7.04. The highest BCUT2D eigenvalue weighted by molar-refractivity contribution is 7.20. The Morgan fingerprint density at radius 2 is 2.12 bits per heavy atom. The summed E-state index contributed by atoms with van der Waals surface area (Å²) in [4.78, 5) is 17.6. The van der Waals surface area contributed by atoms with Gasteiger partial charge in [0.05, 0.1) is 18.0 Å². The molecule has 120 valence electrons. The number of fused-ring (bicyclic) bond motifs is 2. The number of halogens is 1. The van der Waals surface area contributed by atoms with Crippen molar-refractivity contribution in [1.29, 1.82) is 0 Å². The van der Waals surface area contributed by atoms with E-state index in [1.54, 1.807) is 25.3 Å². The minimum atomic E-state index is -0.243. The number of ether oxygens (including phenoxy) is 1. The fraction of sp³-hybridized carbons (Fsp3) is 0.0625. The second kappa shape index (κ2) is 5.77. The van der Waals surface area contributed by atoms with Gasteiger partial charge in [-0.15, -0.1) is 5.10 Å². The monoisotopic (exact) mass is 358 g/mol. The molecule has 0 fully saturated rings. The molecule has 24 heavy (non-hydrogen) atoms. The van der Waals surface area contributed by atoms with Gasteiger partial charge >= 0.3 is 0 Å². The largest absolute Gasteiger partial charge is 0.497 e. The van der Waals surface area contributed by atoms with Crippen molar-refractivity contribution >= 4 is 49.6 Å². The maximum atomic E-state index is 12.6. The van der Waals surface area contributed by atoms with E-state index in [4.69, 9.17) is 16.3 Å². The third-order valence-corrected chi connectivity index (χ3v) is 4.54. The lowest BCUT2D eigenvalue weighted by atomic mass is 10.2. The van der Waals surface area contributed by atoms with Crippen LogP contribution >= 0.6 is 22.9 Å². The Bertz CT molecular complexity index is 1120. The molecule has 0 bridgehead atoms. The van der Waals surface area contributed by atoms with E-state index < -0.39 is 0 Å². The number of rotatable bonds is 3. The van der Waals surface area contributed by atoms with Crippen LogP contribution in [0.5, 0.6) is 5.75 Å². The fourth-order valence-electron chi connectivity index (χ4n) is 2.36. The Hall–Kier alpha value is -2.64. The summed E-state index contributed by atoms with van der Waals surface area (Å²) in [6, 6.07) is 12.5. The van der Waals surface area contributed by atoms with E-state index in [-0.39, 0.29) is 5.56 Å². The summed E-state index contributed by atoms with van der Waals surface area (Å²) >= 11 is 7.26. The first-order chi connectivity index (χ1) is 11.6. The molecule has 0 aliphatic heterocycles. The van der Waals surface area contributed by atoms with E-state index in [0.717, 1.165) is 11.4 Å². The van der Waals surface area contributed by atoms with Crippen molar-refractivity contribution in [3.63, 3.8) is 0 Å². The molecule has 0 spiro atoms. The van der Waals surface area contributed by atoms with Crippen LogP contribution in [-0.2, 0) is 0 Å². The normalized spacial score (nSPS) is 11.1. The molecule has 0 aliphatic carbocycles. The van der Waals surface area contributed by atoms with Crippen LogP contribution in [-0.4, -0.2) is 21.7 Å². The van der Waals surface area contributed by atoms with Gasteiger partial charge in [-0.2, -0.15) is 4.52 Å². The maximum absolute atomic E-state index is 12.6. The van der Waals surface area contributed by atoms with E-state index in [0.29, 0.717) is 26.0 Å². The molecule has 1 N–H and O–H groups in total. The van der Waals surface area contributed by atoms with E-state index in [1.165, 1.54) is 15.9 Å². The second-order valence-electron chi connectivity index (χ2n) is 5.04. The van der Waals surface area contributed by atoms with E-state index in [2.05, 4.69) is 15.4 Å². The lowest BCUT2D eigenvalue weighted by Crippen LogP contribution is -2.15. The van der Waals surface area contributed by atoms with Gasteiger partial charge in [0.15, 0.2) is 0 Å². The lowest BCUT2D eigenvalue weighted by molar-refractivity contribution is 0.415. The first kappa shape index (κ1) is 14.9. The molecule has 6 nitrogen and oxygen atoms in total. The highest BCUT2D eigenvalue weighted by Gasteiger charge is 2.11. The summed E-state index contributed by atoms with van der Waals surface area (Å²) in [5, 5.41) is 8.97. The van der Waals surface area contributed by atoms with Gasteiger partial charge < -0.3 is 10.1 Å². The molecular formula is C16H11ClN4O2S. The van der Waals surface area contributed by atoms with Gasteiger partial charge in [-0.1, -0.05) is 29.0 Å². The third-order valence-electron chi connectivity index (χ3n) is 3.48. The number of nitrogens with zero attached hydrogens (tertiary/aromatic N) is 3. The number of aromatic nitrogens is 3. The predicted octanol–water partition coefficient (Wildman–Crippen LogP) is 3.71. The molecule has 4 aromatic rings. The van der Waals surface area contributed by atoms with Crippen LogP contribution in [0.2, 0.25) is 5.02 Å². The van der Waals surface area contributed by atoms with Crippen molar-refractivity contribution in [3.8, 4) is 5.75 Å². The van der Waals surface area contributed by atoms with E-state index >= 15 is 0 Å². The number of hydrogen-bond acceptors (Lipinski definition) is 6. The van der Waals surface area contributed by atoms with Gasteiger partial charge in [-0.25, -0.2) is 4.98 Å². The maximum Gasteiger partial charge on any atom is 0.283 e. The van der Waals surface area contributed by atoms with Crippen LogP contribution in [0.1, 0.15) is 0 Å². The minimum Gasteiger partial charge on any atom is -0.497 e. The average Bonchev–Trinajstić information content (AvgIpc) is 2.98. The molecule has 8 heteroatoms. The first-order valence-corrected chi connectivity index (χ1v) is 8.24. The van der Waals surface area contributed by atoms with Gasteiger partial charge in [-0.05, 0) is 30.3 Å². The summed E-state index contributed by atoms with van der Waals surface area (Å²) in [7, 11) is 1.61. The Morgan fingerprint density at radius 1 is 1.25 bits per heavy atom. The third kappa shape index (κ3) is 2.57. The Kier molecular flexibility index (Phi) is 3.59. The molecule has 4 rings (SSSR count). The zero-order chi connectivity index (χ0) is 16.7. The molecule has 0 saturated heterocycles. The minimum absolute atomic E-state index is 0.243. The molecule has 0 unspecified atom stereocenters. The quantitative estimate of drug-likeness (QED) is 0.604. The summed E-state index contributed by atoms with van der Waals surface area (Å²) < 4.78 is 6.48. The van der Waals surface area contributed by atoms with Gasteiger partial charge in [0.1, 0.15) is 5.75 Å². The summed E-state index contributed by atoms with van der Waals surface area (Å²) in [5.74, 6) is 0.733. The Balaban J connectivity index is 1.81. The molecular weight excluding hydrogens is 348 g/mol. The molecule has 0 radical (unpaired) electrons. The number of nitrogens with one attached hydrogen (secondary N) is 1. The molecule has 2 aromatic carbocycles. The zero-order valence-electron chi connectivity index (χ0n) is 12.5. The number of benzene rings is 2. The summed E-state index contributed by atoms with van der Waals surface area (Å²) in [6.45, 7) is 0. The van der Waals surface area contributed by atoms with Crippen LogP contribution in [0.4, 0.5) is 10.8 Å². The zero-order valence-corrected chi connectivity index (χ0v) is 14.1. The van der Waals surface area contributed by atoms with Crippen molar-refractivity contribution < 1.29 is 4.74 Å². The van der Waals surface area contributed by atoms with Gasteiger partial charge in [-0.3, -0.25) is 4.79 Å². The Labute approximate surface area is 145 Å². The summed E-state index contributed by atoms with van der Waals surface area (Å²) in [6.07, 6.45) is 0. The molecule has 0 aliphatic rings. The second-order valence-corrected chi connectivity index (χ2v) is 6.43. The number of hydrogen-bond donors (Lipinski definition) is 1. The molecule has 2 heterocycles. The highest BCUT2D eigenvalue weighted by atomic mass is 35.5. The number of anilines is 2. The van der Waals surface area contributed by atoms with Crippen molar-refractivity contribution in [2.24, 2.45) is 0 Å². The fourth-order valence-corrected chi connectivity index (χ4v) is 3.35. The Morgan fingerprint density at radius 3 is 2.96 bits per heavy atom. The van der Waals surface area contributed by atoms with Crippen LogP contribution in [0, 0.1) is 0 Å². The van der Waals surface area contributed by atoms with Crippen molar-refractivity contribution in [1.82, 2.24) is 14.6 Å². The van der Waals surface area contributed by atoms with Crippen LogP contribution < -0.4 is 15.6 Å². The standard InChI is InChI=1S/C16H11ClN4O2S/c1-23-11-4-2-3-10(8-11)18-15-20-21-14(22)12-7-9(17)5-6-13(12)19-16(21)24-15/h2-8H,1H3,(H,18,20). The van der Waals surface area contributed by atoms with Crippen molar-refractivity contribution in [2.45, 2.75) is 0 Å². The van der Waals surface area contributed by atoms with Gasteiger partial charge in [0, 0.05) is 16.8 Å². The average molecular weight is 359 g/mol. The molecule has 0 saturated carbocycles. The van der Waals surface area contributed by atoms with Gasteiger partial charge in [0.25, 0.3) is 5.56 Å². The van der Waals surface area contributed by atoms with E-state index in [9.17, 15) is 4.79 Å². The van der Waals surface area contributed by atoms with Crippen LogP contribution in [0.3, 0.4) is 0 Å². The van der Waals surface area contributed by atoms with Crippen LogP contribution in [0.15, 0.2) is 47.3 Å². The SMILES string of the molecule is COc1cccc(Nc2nn3c(=O)c4cc(Cl)ccc4nc3s2)c1. The van der Waals surface area contributed by atoms with Gasteiger partial charge in [0.2, 0.25) is 10.1 Å².